The summed E-state index contributed by atoms with van der Waals surface area (Å²) in [6.07, 6.45) is -6.40. The summed E-state index contributed by atoms with van der Waals surface area (Å²) in [5, 5.41) is 16.2. The van der Waals surface area contributed by atoms with Gasteiger partial charge in [0.1, 0.15) is 18.2 Å². The average Bonchev–Trinajstić information content (AvgIpc) is 3.45. The molecule has 0 saturated carbocycles. The van der Waals surface area contributed by atoms with Gasteiger partial charge in [-0.3, -0.25) is 9.84 Å². The minimum atomic E-state index is -4.78. The second-order valence-corrected chi connectivity index (χ2v) is 7.75. The summed E-state index contributed by atoms with van der Waals surface area (Å²) >= 11 is 0. The zero-order valence-corrected chi connectivity index (χ0v) is 18.0. The number of aromatic amines is 1. The highest BCUT2D eigenvalue weighted by atomic mass is 19.4. The molecular formula is C19H21F4N7O4. The molecule has 0 aromatic carbocycles. The molecule has 3 aromatic heterocycles. The van der Waals surface area contributed by atoms with E-state index in [0.717, 1.165) is 0 Å². The van der Waals surface area contributed by atoms with Gasteiger partial charge in [0.2, 0.25) is 0 Å². The monoisotopic (exact) mass is 487 g/mol. The van der Waals surface area contributed by atoms with E-state index in [1.807, 2.05) is 0 Å². The van der Waals surface area contributed by atoms with Crippen molar-refractivity contribution in [2.45, 2.75) is 51.2 Å². The first kappa shape index (κ1) is 23.7. The van der Waals surface area contributed by atoms with Gasteiger partial charge in [0, 0.05) is 24.5 Å². The molecule has 1 saturated heterocycles. The van der Waals surface area contributed by atoms with E-state index in [-0.39, 0.29) is 30.0 Å². The van der Waals surface area contributed by atoms with E-state index in [1.54, 1.807) is 13.8 Å². The fourth-order valence-electron chi connectivity index (χ4n) is 3.31. The van der Waals surface area contributed by atoms with Crippen LogP contribution >= 0.6 is 0 Å². The van der Waals surface area contributed by atoms with Gasteiger partial charge in [-0.2, -0.15) is 10.2 Å². The molecule has 0 radical (unpaired) electrons. The maximum Gasteiger partial charge on any atom is 0.522 e. The van der Waals surface area contributed by atoms with Gasteiger partial charge in [0.25, 0.3) is 0 Å². The second kappa shape index (κ2) is 9.42. The molecule has 4 rings (SSSR count). The number of rotatable bonds is 7. The molecule has 0 aliphatic carbocycles. The maximum atomic E-state index is 14.8. The predicted octanol–water partition coefficient (Wildman–Crippen LogP) is 3.15. The van der Waals surface area contributed by atoms with Gasteiger partial charge in [-0.25, -0.2) is 18.7 Å². The van der Waals surface area contributed by atoms with Gasteiger partial charge in [-0.05, 0) is 19.9 Å². The van der Waals surface area contributed by atoms with Crippen LogP contribution in [0, 0.1) is 0 Å². The van der Waals surface area contributed by atoms with Crippen molar-refractivity contribution in [1.29, 1.82) is 0 Å². The maximum absolute atomic E-state index is 14.8. The van der Waals surface area contributed by atoms with Crippen LogP contribution in [-0.2, 0) is 20.8 Å². The largest absolute Gasteiger partial charge is 0.522 e. The molecular weight excluding hydrogens is 466 g/mol. The third kappa shape index (κ3) is 5.53. The topological polar surface area (TPSA) is 128 Å². The van der Waals surface area contributed by atoms with Crippen molar-refractivity contribution in [3.8, 4) is 0 Å². The Bertz CT molecular complexity index is 1150. The Morgan fingerprint density at radius 2 is 2.18 bits per heavy atom. The molecule has 1 amide bonds. The lowest BCUT2D eigenvalue weighted by atomic mass is 10.1. The minimum Gasteiger partial charge on any atom is -0.441 e. The van der Waals surface area contributed by atoms with Gasteiger partial charge in [0.05, 0.1) is 18.0 Å². The summed E-state index contributed by atoms with van der Waals surface area (Å²) in [6, 6.07) is 2.71. The van der Waals surface area contributed by atoms with Crippen LogP contribution in [0.2, 0.25) is 0 Å². The molecule has 11 nitrogen and oxygen atoms in total. The number of alkyl carbamates (subject to hydrolysis) is 1. The lowest BCUT2D eigenvalue weighted by Gasteiger charge is -2.16. The van der Waals surface area contributed by atoms with Crippen LogP contribution in [0.3, 0.4) is 0 Å². The van der Waals surface area contributed by atoms with E-state index in [1.165, 1.54) is 29.0 Å². The van der Waals surface area contributed by atoms with Crippen molar-refractivity contribution < 1.29 is 36.6 Å². The lowest BCUT2D eigenvalue weighted by Crippen LogP contribution is -2.36. The molecule has 0 bridgehead atoms. The third-order valence-corrected chi connectivity index (χ3v) is 4.72. The number of halogens is 4. The summed E-state index contributed by atoms with van der Waals surface area (Å²) in [5.74, 6) is 0.504. The van der Waals surface area contributed by atoms with Crippen molar-refractivity contribution in [3.63, 3.8) is 0 Å². The normalized spacial score (nSPS) is 20.7. The van der Waals surface area contributed by atoms with Crippen LogP contribution in [0.25, 0.3) is 5.52 Å². The highest BCUT2D eigenvalue weighted by Crippen LogP contribution is 2.33. The number of H-pyrrole nitrogens is 1. The van der Waals surface area contributed by atoms with E-state index >= 15 is 0 Å². The van der Waals surface area contributed by atoms with Gasteiger partial charge in [-0.15, -0.1) is 13.2 Å². The lowest BCUT2D eigenvalue weighted by molar-refractivity contribution is -0.330. The van der Waals surface area contributed by atoms with Crippen molar-refractivity contribution in [2.24, 2.45) is 0 Å². The van der Waals surface area contributed by atoms with E-state index < -0.39 is 37.4 Å². The van der Waals surface area contributed by atoms with Crippen molar-refractivity contribution in [3.05, 3.63) is 35.9 Å². The van der Waals surface area contributed by atoms with Crippen LogP contribution in [-0.4, -0.2) is 62.2 Å². The van der Waals surface area contributed by atoms with E-state index in [0.29, 0.717) is 11.2 Å². The first-order valence-corrected chi connectivity index (χ1v) is 10.2. The molecule has 1 aliphatic rings. The van der Waals surface area contributed by atoms with Crippen LogP contribution in [0.1, 0.15) is 31.3 Å². The van der Waals surface area contributed by atoms with Gasteiger partial charge in [-0.1, -0.05) is 0 Å². The number of fused-ring (bicyclic) bond motifs is 1. The number of nitrogens with one attached hydrogen (secondary N) is 3. The van der Waals surface area contributed by atoms with E-state index in [9.17, 15) is 22.4 Å². The fourth-order valence-corrected chi connectivity index (χ4v) is 3.31. The summed E-state index contributed by atoms with van der Waals surface area (Å²) in [6.45, 7) is 2.61. The van der Waals surface area contributed by atoms with Crippen LogP contribution in [0.15, 0.2) is 24.5 Å². The number of amides is 1. The van der Waals surface area contributed by atoms with Crippen LogP contribution < -0.4 is 10.6 Å². The first-order chi connectivity index (χ1) is 16.1. The number of nitrogens with zero attached hydrogens (tertiary/aromatic N) is 4. The molecule has 3 N–H and O–H groups in total. The molecule has 34 heavy (non-hydrogen) atoms. The minimum absolute atomic E-state index is 0.0447. The predicted molar refractivity (Wildman–Crippen MR) is 108 cm³/mol. The molecule has 1 aliphatic heterocycles. The molecule has 15 heteroatoms. The summed E-state index contributed by atoms with van der Waals surface area (Å²) in [7, 11) is 0. The number of alkyl halides is 4. The van der Waals surface area contributed by atoms with Crippen LogP contribution in [0.4, 0.5) is 34.0 Å². The number of carbonyl (C=O) groups is 1. The molecule has 3 atom stereocenters. The number of carbonyl (C=O) groups excluding carboxylic acids is 1. The Labute approximate surface area is 189 Å². The van der Waals surface area contributed by atoms with Gasteiger partial charge in [0.15, 0.2) is 23.9 Å². The Balaban J connectivity index is 1.43. The Hall–Kier alpha value is -3.46. The second-order valence-electron chi connectivity index (χ2n) is 7.75. The molecule has 0 spiro atoms. The third-order valence-electron chi connectivity index (χ3n) is 4.72. The van der Waals surface area contributed by atoms with Crippen molar-refractivity contribution in [1.82, 2.24) is 30.1 Å². The van der Waals surface area contributed by atoms with E-state index in [4.69, 9.17) is 9.47 Å². The van der Waals surface area contributed by atoms with Crippen LogP contribution in [0.5, 0.6) is 0 Å². The van der Waals surface area contributed by atoms with Gasteiger partial charge < -0.3 is 20.1 Å². The standard InChI is InChI=1S/C19H21F4N7O4/c1-9(2)25-18(31)34-13-8-32-16(15(13)20)11-6-14(28-27-11)26-17-12-5-10(7-33-19(21,22)23)29-30(12)4-3-24-17/h3-6,9,13,15-16H,7-8H2,1-2H3,(H,25,31)(H2,24,26,27,28)/t13-,15+,16-/m1/s1. The number of anilines is 2. The zero-order valence-electron chi connectivity index (χ0n) is 18.0. The summed E-state index contributed by atoms with van der Waals surface area (Å²) in [5.41, 5.74) is 0.714. The quantitative estimate of drug-likeness (QED) is 0.434. The van der Waals surface area contributed by atoms with Crippen molar-refractivity contribution >= 4 is 23.2 Å². The average molecular weight is 487 g/mol. The number of hydrogen-bond acceptors (Lipinski definition) is 8. The molecule has 0 unspecified atom stereocenters. The molecule has 184 valence electrons. The Kier molecular flexibility index (Phi) is 6.56. The number of ether oxygens (including phenoxy) is 3. The molecule has 1 fully saturated rings. The summed E-state index contributed by atoms with van der Waals surface area (Å²) < 4.78 is 67.4. The smallest absolute Gasteiger partial charge is 0.441 e. The highest BCUT2D eigenvalue weighted by Gasteiger charge is 2.42. The van der Waals surface area contributed by atoms with Crippen molar-refractivity contribution in [2.75, 3.05) is 11.9 Å². The van der Waals surface area contributed by atoms with Gasteiger partial charge >= 0.3 is 12.5 Å². The zero-order chi connectivity index (χ0) is 24.5. The number of aromatic nitrogens is 5. The first-order valence-electron chi connectivity index (χ1n) is 10.2. The molecule has 4 heterocycles. The van der Waals surface area contributed by atoms with E-state index in [2.05, 4.69) is 35.7 Å². The highest BCUT2D eigenvalue weighted by molar-refractivity contribution is 5.72. The Morgan fingerprint density at radius 3 is 2.91 bits per heavy atom. The fraction of sp³-hybridized carbons (Fsp3) is 0.474. The Morgan fingerprint density at radius 1 is 1.38 bits per heavy atom. The molecule has 3 aromatic rings. The summed E-state index contributed by atoms with van der Waals surface area (Å²) in [4.78, 5) is 15.9. The number of hydrogen-bond donors (Lipinski definition) is 3. The SMILES string of the molecule is CC(C)NC(=O)O[C@@H]1CO[C@H](c2cc(Nc3nccn4nc(COC(F)(F)F)cc34)n[nH]2)[C@H]1F.